The number of hydrogen-bond donors (Lipinski definition) is 1. The van der Waals surface area contributed by atoms with Crippen molar-refractivity contribution in [1.82, 2.24) is 5.32 Å². The molecule has 0 fully saturated rings. The molecule has 0 radical (unpaired) electrons. The quantitative estimate of drug-likeness (QED) is 0.538. The van der Waals surface area contributed by atoms with Gasteiger partial charge in [0.15, 0.2) is 0 Å². The lowest BCUT2D eigenvalue weighted by molar-refractivity contribution is -0.385. The van der Waals surface area contributed by atoms with E-state index in [9.17, 15) is 19.3 Å². The Morgan fingerprint density at radius 2 is 2.00 bits per heavy atom. The van der Waals surface area contributed by atoms with Crippen molar-refractivity contribution in [2.75, 3.05) is 6.54 Å². The second kappa shape index (κ2) is 7.18. The number of rotatable bonds is 3. The van der Waals surface area contributed by atoms with Crippen LogP contribution in [0.1, 0.15) is 21.5 Å². The fourth-order valence-corrected chi connectivity index (χ4v) is 1.99. The zero-order valence-electron chi connectivity index (χ0n) is 12.3. The number of nitro groups is 1. The number of carbonyl (C=O) groups excluding carboxylic acids is 1. The van der Waals surface area contributed by atoms with Crippen LogP contribution in [0.4, 0.5) is 10.1 Å². The molecule has 116 valence electrons. The van der Waals surface area contributed by atoms with Gasteiger partial charge in [0, 0.05) is 17.2 Å². The highest BCUT2D eigenvalue weighted by Crippen LogP contribution is 2.20. The van der Waals surface area contributed by atoms with Crippen molar-refractivity contribution >= 4 is 11.6 Å². The lowest BCUT2D eigenvalue weighted by Crippen LogP contribution is -2.24. The molecule has 0 bridgehead atoms. The maximum Gasteiger partial charge on any atom is 0.273 e. The average molecular weight is 312 g/mol. The van der Waals surface area contributed by atoms with Crippen LogP contribution < -0.4 is 5.32 Å². The van der Waals surface area contributed by atoms with Gasteiger partial charge in [-0.05, 0) is 25.1 Å². The van der Waals surface area contributed by atoms with E-state index in [2.05, 4.69) is 17.2 Å². The summed E-state index contributed by atoms with van der Waals surface area (Å²) in [5.41, 5.74) is 0.632. The van der Waals surface area contributed by atoms with E-state index in [4.69, 9.17) is 0 Å². The van der Waals surface area contributed by atoms with Gasteiger partial charge in [0.25, 0.3) is 11.6 Å². The number of nitro benzene ring substituents is 1. The van der Waals surface area contributed by atoms with Crippen LogP contribution in [0.3, 0.4) is 0 Å². The van der Waals surface area contributed by atoms with Crippen molar-refractivity contribution < 1.29 is 14.1 Å². The Labute approximate surface area is 132 Å². The molecule has 2 aromatic rings. The summed E-state index contributed by atoms with van der Waals surface area (Å²) in [6.07, 6.45) is 0. The summed E-state index contributed by atoms with van der Waals surface area (Å²) in [5.74, 6) is 4.37. The number of nitrogens with zero attached hydrogens (tertiary/aromatic N) is 1. The van der Waals surface area contributed by atoms with E-state index < -0.39 is 16.6 Å². The Morgan fingerprint density at radius 1 is 1.26 bits per heavy atom. The Bertz CT molecular complexity index is 822. The number of carbonyl (C=O) groups is 1. The van der Waals surface area contributed by atoms with Gasteiger partial charge in [0.05, 0.1) is 17.0 Å². The van der Waals surface area contributed by atoms with E-state index >= 15 is 0 Å². The minimum atomic E-state index is -0.538. The molecule has 0 aliphatic carbocycles. The van der Waals surface area contributed by atoms with Gasteiger partial charge in [-0.2, -0.15) is 0 Å². The zero-order valence-corrected chi connectivity index (χ0v) is 12.3. The first kappa shape index (κ1) is 16.2. The van der Waals surface area contributed by atoms with E-state index in [1.165, 1.54) is 37.3 Å². The van der Waals surface area contributed by atoms with Crippen molar-refractivity contribution in [2.45, 2.75) is 6.92 Å². The Hall–Kier alpha value is -3.20. The van der Waals surface area contributed by atoms with Crippen LogP contribution >= 0.6 is 0 Å². The molecule has 0 saturated heterocycles. The minimum absolute atomic E-state index is 0.00923. The number of halogens is 1. The summed E-state index contributed by atoms with van der Waals surface area (Å²) >= 11 is 0. The topological polar surface area (TPSA) is 72.2 Å². The molecule has 0 atom stereocenters. The first-order valence-electron chi connectivity index (χ1n) is 6.76. The molecular weight excluding hydrogens is 299 g/mol. The summed E-state index contributed by atoms with van der Waals surface area (Å²) in [6, 6.07) is 10.4. The van der Waals surface area contributed by atoms with Gasteiger partial charge >= 0.3 is 0 Å². The fourth-order valence-electron chi connectivity index (χ4n) is 1.99. The summed E-state index contributed by atoms with van der Waals surface area (Å²) in [6.45, 7) is 1.52. The molecule has 0 heterocycles. The molecule has 5 nitrogen and oxygen atoms in total. The summed E-state index contributed by atoms with van der Waals surface area (Å²) in [4.78, 5) is 22.4. The first-order valence-corrected chi connectivity index (χ1v) is 6.76. The number of amides is 1. The monoisotopic (exact) mass is 312 g/mol. The first-order chi connectivity index (χ1) is 11.0. The van der Waals surface area contributed by atoms with Crippen molar-refractivity contribution in [3.05, 3.63) is 75.1 Å². The van der Waals surface area contributed by atoms with E-state index in [1.807, 2.05) is 0 Å². The SMILES string of the molecule is Cc1c(C(=O)NCC#Cc2ccccc2F)cccc1[N+](=O)[O-]. The molecular formula is C17H13FN2O3. The molecule has 0 aliphatic rings. The van der Waals surface area contributed by atoms with Gasteiger partial charge in [-0.25, -0.2) is 4.39 Å². The molecule has 1 amide bonds. The molecule has 23 heavy (non-hydrogen) atoms. The summed E-state index contributed by atoms with van der Waals surface area (Å²) in [7, 11) is 0. The lowest BCUT2D eigenvalue weighted by atomic mass is 10.1. The van der Waals surface area contributed by atoms with Crippen LogP contribution in [0.2, 0.25) is 0 Å². The Morgan fingerprint density at radius 3 is 2.70 bits per heavy atom. The molecule has 0 unspecified atom stereocenters. The molecule has 0 aliphatic heterocycles. The Kier molecular flexibility index (Phi) is 5.05. The van der Waals surface area contributed by atoms with Gasteiger partial charge in [-0.3, -0.25) is 14.9 Å². The van der Waals surface area contributed by atoms with Crippen LogP contribution in [0.15, 0.2) is 42.5 Å². The van der Waals surface area contributed by atoms with Crippen LogP contribution in [-0.2, 0) is 0 Å². The third kappa shape index (κ3) is 3.92. The van der Waals surface area contributed by atoms with Gasteiger partial charge in [0.1, 0.15) is 5.82 Å². The predicted molar refractivity (Wildman–Crippen MR) is 83.4 cm³/mol. The van der Waals surface area contributed by atoms with E-state index in [1.54, 1.807) is 12.1 Å². The van der Waals surface area contributed by atoms with Crippen molar-refractivity contribution in [3.8, 4) is 11.8 Å². The van der Waals surface area contributed by atoms with Gasteiger partial charge in [-0.1, -0.05) is 30.0 Å². The second-order valence-electron chi connectivity index (χ2n) is 4.67. The highest BCUT2D eigenvalue weighted by atomic mass is 19.1. The molecule has 2 aromatic carbocycles. The standard InChI is InChI=1S/C17H13FN2O3/c1-12-14(8-4-10-16(12)20(22)23)17(21)19-11-5-7-13-6-2-3-9-15(13)18/h2-4,6,8-10H,11H2,1H3,(H,19,21). The second-order valence-corrected chi connectivity index (χ2v) is 4.67. The maximum absolute atomic E-state index is 13.4. The van der Waals surface area contributed by atoms with E-state index in [0.717, 1.165) is 0 Å². The third-order valence-corrected chi connectivity index (χ3v) is 3.18. The van der Waals surface area contributed by atoms with Crippen LogP contribution in [0, 0.1) is 34.7 Å². The third-order valence-electron chi connectivity index (χ3n) is 3.18. The predicted octanol–water partition coefficient (Wildman–Crippen LogP) is 2.82. The largest absolute Gasteiger partial charge is 0.341 e. The normalized spacial score (nSPS) is 9.65. The molecule has 0 aromatic heterocycles. The van der Waals surface area contributed by atoms with Crippen molar-refractivity contribution in [3.63, 3.8) is 0 Å². The molecule has 0 spiro atoms. The fraction of sp³-hybridized carbons (Fsp3) is 0.118. The van der Waals surface area contributed by atoms with Crippen molar-refractivity contribution in [1.29, 1.82) is 0 Å². The van der Waals surface area contributed by atoms with Gasteiger partial charge in [0.2, 0.25) is 0 Å². The van der Waals surface area contributed by atoms with Gasteiger partial charge < -0.3 is 5.32 Å². The Balaban J connectivity index is 2.06. The smallest absolute Gasteiger partial charge is 0.273 e. The van der Waals surface area contributed by atoms with Crippen LogP contribution in [-0.4, -0.2) is 17.4 Å². The summed E-state index contributed by atoms with van der Waals surface area (Å²) in [5, 5.41) is 13.4. The molecule has 6 heteroatoms. The number of hydrogen-bond acceptors (Lipinski definition) is 3. The highest BCUT2D eigenvalue weighted by Gasteiger charge is 2.17. The number of benzene rings is 2. The molecule has 1 N–H and O–H groups in total. The highest BCUT2D eigenvalue weighted by molar-refractivity contribution is 5.96. The molecule has 0 saturated carbocycles. The lowest BCUT2D eigenvalue weighted by Gasteiger charge is -2.05. The van der Waals surface area contributed by atoms with Gasteiger partial charge in [-0.15, -0.1) is 0 Å². The number of nitrogens with one attached hydrogen (secondary N) is 1. The maximum atomic E-state index is 13.4. The van der Waals surface area contributed by atoms with Crippen LogP contribution in [0.5, 0.6) is 0 Å². The summed E-state index contributed by atoms with van der Waals surface area (Å²) < 4.78 is 13.4. The van der Waals surface area contributed by atoms with E-state index in [0.29, 0.717) is 0 Å². The van der Waals surface area contributed by atoms with Crippen LogP contribution in [0.25, 0.3) is 0 Å². The average Bonchev–Trinajstić information content (AvgIpc) is 2.52. The van der Waals surface area contributed by atoms with Crippen molar-refractivity contribution in [2.24, 2.45) is 0 Å². The van der Waals surface area contributed by atoms with E-state index in [-0.39, 0.29) is 28.9 Å². The minimum Gasteiger partial charge on any atom is -0.341 e. The molecule has 2 rings (SSSR count). The zero-order chi connectivity index (χ0) is 16.8.